The molecule has 2 aromatic carbocycles. The maximum absolute atomic E-state index is 11.8. The summed E-state index contributed by atoms with van der Waals surface area (Å²) in [6.45, 7) is 2.88. The molecule has 0 unspecified atom stereocenters. The van der Waals surface area contributed by atoms with Crippen molar-refractivity contribution in [2.45, 2.75) is 12.7 Å². The number of thioether (sulfide) groups is 1. The minimum atomic E-state index is -0.340. The molecule has 2 N–H and O–H groups in total. The molecule has 2 rings (SSSR count). The van der Waals surface area contributed by atoms with Gasteiger partial charge in [-0.15, -0.1) is 0 Å². The van der Waals surface area contributed by atoms with Crippen LogP contribution in [0.5, 0.6) is 0 Å². The molecule has 0 radical (unpaired) electrons. The molecule has 0 aliphatic rings. The highest BCUT2D eigenvalue weighted by Crippen LogP contribution is 2.16. The number of nitrogens with one attached hydrogen (secondary N) is 2. The molecule has 0 spiro atoms. The summed E-state index contributed by atoms with van der Waals surface area (Å²) >= 11 is 13.1. The van der Waals surface area contributed by atoms with Crippen molar-refractivity contribution >= 4 is 52.3 Å². The summed E-state index contributed by atoms with van der Waals surface area (Å²) in [6.07, 6.45) is 0. The van der Waals surface area contributed by atoms with E-state index in [2.05, 4.69) is 16.7 Å². The number of rotatable bonds is 8. The van der Waals surface area contributed by atoms with Crippen molar-refractivity contribution in [3.05, 3.63) is 64.7 Å². The van der Waals surface area contributed by atoms with E-state index in [-0.39, 0.29) is 5.97 Å². The predicted molar refractivity (Wildman–Crippen MR) is 114 cm³/mol. The standard InChI is InChI=1S/C19H21ClN2O2S2/c1-2-24-18(23)15-6-4-8-17(12-15)22-19(25)21-9-10-26-13-14-5-3-7-16(20)11-14/h3-8,11-12H,2,9-10,13H2,1H3,(H2,21,22,25). The van der Waals surface area contributed by atoms with Gasteiger partial charge >= 0.3 is 5.97 Å². The lowest BCUT2D eigenvalue weighted by atomic mass is 10.2. The molecule has 0 saturated heterocycles. The van der Waals surface area contributed by atoms with Crippen LogP contribution in [0.2, 0.25) is 5.02 Å². The molecule has 4 nitrogen and oxygen atoms in total. The molecular formula is C19H21ClN2O2S2. The molecule has 0 aliphatic heterocycles. The van der Waals surface area contributed by atoms with Gasteiger partial charge in [0.05, 0.1) is 12.2 Å². The van der Waals surface area contributed by atoms with Crippen LogP contribution < -0.4 is 10.6 Å². The second-order valence-corrected chi connectivity index (χ2v) is 7.31. The predicted octanol–water partition coefficient (Wildman–Crippen LogP) is 4.74. The second-order valence-electron chi connectivity index (χ2n) is 5.36. The monoisotopic (exact) mass is 408 g/mol. The summed E-state index contributed by atoms with van der Waals surface area (Å²) in [5.74, 6) is 1.48. The van der Waals surface area contributed by atoms with Gasteiger partial charge in [0.1, 0.15) is 0 Å². The van der Waals surface area contributed by atoms with Crippen LogP contribution in [0.4, 0.5) is 5.69 Å². The zero-order valence-electron chi connectivity index (χ0n) is 14.5. The van der Waals surface area contributed by atoms with Crippen LogP contribution in [0.25, 0.3) is 0 Å². The van der Waals surface area contributed by atoms with Gasteiger partial charge in [0.2, 0.25) is 0 Å². The first kappa shape index (κ1) is 20.6. The number of halogens is 1. The molecule has 0 amide bonds. The molecule has 26 heavy (non-hydrogen) atoms. The van der Waals surface area contributed by atoms with Gasteiger partial charge in [-0.3, -0.25) is 0 Å². The number of hydrogen-bond donors (Lipinski definition) is 2. The first-order valence-electron chi connectivity index (χ1n) is 8.22. The van der Waals surface area contributed by atoms with E-state index >= 15 is 0 Å². The zero-order chi connectivity index (χ0) is 18.8. The average molecular weight is 409 g/mol. The number of benzene rings is 2. The number of ether oxygens (including phenoxy) is 1. The summed E-state index contributed by atoms with van der Waals surface area (Å²) in [5.41, 5.74) is 2.45. The lowest BCUT2D eigenvalue weighted by molar-refractivity contribution is 0.0526. The van der Waals surface area contributed by atoms with Crippen LogP contribution in [0.3, 0.4) is 0 Å². The van der Waals surface area contributed by atoms with Crippen LogP contribution >= 0.6 is 35.6 Å². The van der Waals surface area contributed by atoms with E-state index in [1.54, 1.807) is 36.9 Å². The number of anilines is 1. The Morgan fingerprint density at radius 3 is 2.81 bits per heavy atom. The van der Waals surface area contributed by atoms with Crippen molar-refractivity contribution in [1.29, 1.82) is 0 Å². The fourth-order valence-corrected chi connectivity index (χ4v) is 3.41. The molecule has 0 fully saturated rings. The lowest BCUT2D eigenvalue weighted by Crippen LogP contribution is -2.30. The number of carbonyl (C=O) groups excluding carboxylic acids is 1. The van der Waals surface area contributed by atoms with Gasteiger partial charge in [-0.2, -0.15) is 11.8 Å². The highest BCUT2D eigenvalue weighted by molar-refractivity contribution is 7.98. The van der Waals surface area contributed by atoms with Crippen molar-refractivity contribution in [2.24, 2.45) is 0 Å². The highest BCUT2D eigenvalue weighted by Gasteiger charge is 2.07. The van der Waals surface area contributed by atoms with Gasteiger partial charge in [-0.1, -0.05) is 29.8 Å². The number of thiocarbonyl (C=S) groups is 1. The topological polar surface area (TPSA) is 50.4 Å². The van der Waals surface area contributed by atoms with Crippen LogP contribution in [0.1, 0.15) is 22.8 Å². The summed E-state index contributed by atoms with van der Waals surface area (Å²) in [4.78, 5) is 11.8. The molecule has 0 aromatic heterocycles. The van der Waals surface area contributed by atoms with Gasteiger partial charge in [-0.05, 0) is 55.0 Å². The maximum Gasteiger partial charge on any atom is 0.338 e. The SMILES string of the molecule is CCOC(=O)c1cccc(NC(=S)NCCSCc2cccc(Cl)c2)c1. The van der Waals surface area contributed by atoms with Gasteiger partial charge < -0.3 is 15.4 Å². The van der Waals surface area contributed by atoms with E-state index in [0.29, 0.717) is 17.3 Å². The van der Waals surface area contributed by atoms with Crippen LogP contribution in [-0.2, 0) is 10.5 Å². The van der Waals surface area contributed by atoms with Crippen molar-refractivity contribution < 1.29 is 9.53 Å². The van der Waals surface area contributed by atoms with Gasteiger partial charge in [0, 0.05) is 28.8 Å². The van der Waals surface area contributed by atoms with Crippen molar-refractivity contribution in [3.8, 4) is 0 Å². The Hall–Kier alpha value is -1.76. The Morgan fingerprint density at radius 2 is 2.04 bits per heavy atom. The fourth-order valence-electron chi connectivity index (χ4n) is 2.17. The molecule has 0 saturated carbocycles. The summed E-state index contributed by atoms with van der Waals surface area (Å²) in [7, 11) is 0. The first-order valence-corrected chi connectivity index (χ1v) is 10.2. The van der Waals surface area contributed by atoms with Gasteiger partial charge in [0.25, 0.3) is 0 Å². The summed E-state index contributed by atoms with van der Waals surface area (Å²) in [5, 5.41) is 7.52. The van der Waals surface area contributed by atoms with E-state index in [4.69, 9.17) is 28.6 Å². The van der Waals surface area contributed by atoms with Gasteiger partial charge in [0.15, 0.2) is 5.11 Å². The molecule has 2 aromatic rings. The van der Waals surface area contributed by atoms with Crippen molar-refractivity contribution in [1.82, 2.24) is 5.32 Å². The molecule has 0 bridgehead atoms. The van der Waals surface area contributed by atoms with E-state index < -0.39 is 0 Å². The van der Waals surface area contributed by atoms with E-state index in [0.717, 1.165) is 28.8 Å². The van der Waals surface area contributed by atoms with Gasteiger partial charge in [-0.25, -0.2) is 4.79 Å². The lowest BCUT2D eigenvalue weighted by Gasteiger charge is -2.11. The van der Waals surface area contributed by atoms with Crippen LogP contribution in [0.15, 0.2) is 48.5 Å². The Bertz CT molecular complexity index is 756. The number of hydrogen-bond acceptors (Lipinski definition) is 4. The van der Waals surface area contributed by atoms with E-state index in [1.165, 1.54) is 5.56 Å². The van der Waals surface area contributed by atoms with Crippen LogP contribution in [0, 0.1) is 0 Å². The summed E-state index contributed by atoms with van der Waals surface area (Å²) < 4.78 is 5.00. The Balaban J connectivity index is 1.70. The molecule has 7 heteroatoms. The van der Waals surface area contributed by atoms with Crippen LogP contribution in [-0.4, -0.2) is 30.0 Å². The fraction of sp³-hybridized carbons (Fsp3) is 0.263. The zero-order valence-corrected chi connectivity index (χ0v) is 16.8. The number of esters is 1. The minimum Gasteiger partial charge on any atom is -0.462 e. The smallest absolute Gasteiger partial charge is 0.338 e. The first-order chi connectivity index (χ1) is 12.6. The molecule has 0 atom stereocenters. The Labute approximate surface area is 168 Å². The van der Waals surface area contributed by atoms with Crippen molar-refractivity contribution in [3.63, 3.8) is 0 Å². The molecule has 0 aliphatic carbocycles. The third-order valence-electron chi connectivity index (χ3n) is 3.32. The second kappa shape index (κ2) is 11.1. The number of carbonyl (C=O) groups is 1. The van der Waals surface area contributed by atoms with E-state index in [9.17, 15) is 4.79 Å². The average Bonchev–Trinajstić information content (AvgIpc) is 2.62. The normalized spacial score (nSPS) is 10.2. The highest BCUT2D eigenvalue weighted by atomic mass is 35.5. The Morgan fingerprint density at radius 1 is 1.23 bits per heavy atom. The maximum atomic E-state index is 11.8. The quantitative estimate of drug-likeness (QED) is 0.374. The third-order valence-corrected chi connectivity index (χ3v) is 4.83. The Kier molecular flexibility index (Phi) is 8.74. The molecular weight excluding hydrogens is 388 g/mol. The van der Waals surface area contributed by atoms with Crippen molar-refractivity contribution in [2.75, 3.05) is 24.2 Å². The summed E-state index contributed by atoms with van der Waals surface area (Å²) in [6, 6.07) is 15.0. The molecule has 0 heterocycles. The third kappa shape index (κ3) is 7.23. The largest absolute Gasteiger partial charge is 0.462 e. The molecule has 138 valence electrons. The minimum absolute atomic E-state index is 0.340. The van der Waals surface area contributed by atoms with E-state index in [1.807, 2.05) is 24.3 Å².